The number of halogens is 6. The molecule has 2 unspecified atom stereocenters. The Hall–Kier alpha value is -2.44. The van der Waals surface area contributed by atoms with Gasteiger partial charge in [0.1, 0.15) is 0 Å². The lowest BCUT2D eigenvalue weighted by Crippen LogP contribution is -2.54. The highest BCUT2D eigenvalue weighted by atomic mass is 32.2. The van der Waals surface area contributed by atoms with Gasteiger partial charge >= 0.3 is 6.18 Å². The average Bonchev–Trinajstić information content (AvgIpc) is 2.61. The summed E-state index contributed by atoms with van der Waals surface area (Å²) >= 11 is -2.22. The Morgan fingerprint density at radius 3 is 2.36 bits per heavy atom. The number of alkyl halides is 3. The van der Waals surface area contributed by atoms with Crippen LogP contribution in [-0.4, -0.2) is 34.2 Å². The van der Waals surface area contributed by atoms with Crippen LogP contribution in [0.25, 0.3) is 0 Å². The Bertz CT molecular complexity index is 916. The molecule has 1 heterocycles. The van der Waals surface area contributed by atoms with Gasteiger partial charge in [0.05, 0.1) is 17.0 Å². The second kappa shape index (κ2) is 7.18. The highest BCUT2D eigenvalue weighted by molar-refractivity contribution is 7.89. The first-order valence-electron chi connectivity index (χ1n) is 7.57. The van der Waals surface area contributed by atoms with Crippen LogP contribution in [0, 0.1) is 17.5 Å². The fourth-order valence-corrected chi connectivity index (χ4v) is 3.75. The lowest BCUT2D eigenvalue weighted by atomic mass is 10.1. The van der Waals surface area contributed by atoms with Gasteiger partial charge in [-0.1, -0.05) is 4.31 Å². The van der Waals surface area contributed by atoms with E-state index in [4.69, 9.17) is 0 Å². The van der Waals surface area contributed by atoms with Crippen LogP contribution in [-0.2, 0) is 11.4 Å². The molecule has 2 N–H and O–H groups in total. The number of nitrogens with zero attached hydrogens (tertiary/aromatic N) is 1. The van der Waals surface area contributed by atoms with Crippen molar-refractivity contribution >= 4 is 28.6 Å². The van der Waals surface area contributed by atoms with E-state index >= 15 is 0 Å². The van der Waals surface area contributed by atoms with Crippen LogP contribution in [0.15, 0.2) is 35.2 Å². The van der Waals surface area contributed by atoms with Gasteiger partial charge in [0, 0.05) is 36.5 Å². The molecule has 28 heavy (non-hydrogen) atoms. The number of benzene rings is 2. The normalized spacial score (nSPS) is 19.7. The van der Waals surface area contributed by atoms with E-state index < -0.39 is 47.1 Å². The molecule has 0 aliphatic carbocycles. The third kappa shape index (κ3) is 3.75. The van der Waals surface area contributed by atoms with Crippen molar-refractivity contribution in [2.45, 2.75) is 17.2 Å². The topological polar surface area (TPSA) is 67.4 Å². The summed E-state index contributed by atoms with van der Waals surface area (Å²) in [5, 5.41) is 4.32. The number of hydrogen-bond donors (Lipinski definition) is 2. The summed E-state index contributed by atoms with van der Waals surface area (Å²) in [6.07, 6.45) is -6.86. The van der Waals surface area contributed by atoms with Gasteiger partial charge in [-0.2, -0.15) is 13.2 Å². The van der Waals surface area contributed by atoms with E-state index in [9.17, 15) is 35.7 Å². The summed E-state index contributed by atoms with van der Waals surface area (Å²) < 4.78 is 91.4. The summed E-state index contributed by atoms with van der Waals surface area (Å²) in [7, 11) is 1.00. The number of nitrogens with one attached hydrogen (secondary N) is 2. The molecule has 5 nitrogen and oxygen atoms in total. The fourth-order valence-electron chi connectivity index (χ4n) is 2.54. The van der Waals surface area contributed by atoms with E-state index in [0.29, 0.717) is 16.4 Å². The highest BCUT2D eigenvalue weighted by Crippen LogP contribution is 2.37. The lowest BCUT2D eigenvalue weighted by molar-refractivity contribution is -0.161. The van der Waals surface area contributed by atoms with Gasteiger partial charge in [-0.25, -0.2) is 13.2 Å². The van der Waals surface area contributed by atoms with Crippen molar-refractivity contribution in [2.75, 3.05) is 17.7 Å². The molecule has 1 aliphatic rings. The van der Waals surface area contributed by atoms with Gasteiger partial charge in [0.25, 0.3) is 5.91 Å². The number of rotatable bonds is 2. The largest absolute Gasteiger partial charge is 0.593 e. The molecule has 0 radical (unpaired) electrons. The summed E-state index contributed by atoms with van der Waals surface area (Å²) in [6.45, 7) is 0. The van der Waals surface area contributed by atoms with E-state index in [1.807, 2.05) is 0 Å². The standard InChI is InChI=1S/C16H11F6N3O2S/c1-25-15(16(20,21)22)24-11-3-2-7(4-12(11)28(25)27)14(26)23-8-5-9(17)13(19)10(18)6-8/h2-6,15,24H,1H3,(H,23,26). The Morgan fingerprint density at radius 2 is 1.79 bits per heavy atom. The molecule has 2 atom stereocenters. The summed E-state index contributed by atoms with van der Waals surface area (Å²) in [5.41, 5.74) is -0.570. The Labute approximate surface area is 157 Å². The summed E-state index contributed by atoms with van der Waals surface area (Å²) in [6, 6.07) is 4.51. The lowest BCUT2D eigenvalue weighted by Gasteiger charge is -2.35. The first-order valence-corrected chi connectivity index (χ1v) is 8.67. The van der Waals surface area contributed by atoms with Crippen molar-refractivity contribution < 1.29 is 35.7 Å². The minimum Gasteiger partial charge on any atom is -0.593 e. The molecule has 12 heteroatoms. The highest BCUT2D eigenvalue weighted by Gasteiger charge is 2.51. The maximum atomic E-state index is 13.2. The molecular weight excluding hydrogens is 412 g/mol. The SMILES string of the molecule is CN1C(C(F)(F)F)Nc2ccc(C(=O)Nc3cc(F)c(F)c(F)c3)cc2[S+]1[O-]. The summed E-state index contributed by atoms with van der Waals surface area (Å²) in [5.74, 6) is -5.60. The average molecular weight is 423 g/mol. The van der Waals surface area contributed by atoms with Crippen LogP contribution in [0.4, 0.5) is 37.7 Å². The van der Waals surface area contributed by atoms with E-state index in [0.717, 1.165) is 25.2 Å². The number of anilines is 2. The van der Waals surface area contributed by atoms with Crippen molar-refractivity contribution in [3.63, 3.8) is 0 Å². The third-order valence-electron chi connectivity index (χ3n) is 3.90. The molecule has 1 amide bonds. The molecule has 3 rings (SSSR count). The predicted octanol–water partition coefficient (Wildman–Crippen LogP) is 3.62. The molecule has 2 aromatic carbocycles. The van der Waals surface area contributed by atoms with Crippen LogP contribution in [0.1, 0.15) is 10.4 Å². The van der Waals surface area contributed by atoms with Crippen molar-refractivity contribution in [3.8, 4) is 0 Å². The van der Waals surface area contributed by atoms with E-state index in [1.54, 1.807) is 0 Å². The maximum absolute atomic E-state index is 13.2. The van der Waals surface area contributed by atoms with Gasteiger partial charge in [0.2, 0.25) is 6.17 Å². The molecular formula is C16H11F6N3O2S. The van der Waals surface area contributed by atoms with Crippen LogP contribution in [0.5, 0.6) is 0 Å². The molecule has 0 spiro atoms. The van der Waals surface area contributed by atoms with Gasteiger partial charge < -0.3 is 15.2 Å². The van der Waals surface area contributed by atoms with E-state index in [2.05, 4.69) is 10.6 Å². The molecule has 150 valence electrons. The molecule has 0 saturated carbocycles. The number of carbonyl (C=O) groups excluding carboxylic acids is 1. The quantitative estimate of drug-likeness (QED) is 0.440. The minimum atomic E-state index is -4.69. The van der Waals surface area contributed by atoms with Crippen molar-refractivity contribution in [3.05, 3.63) is 53.3 Å². The van der Waals surface area contributed by atoms with Crippen molar-refractivity contribution in [1.29, 1.82) is 0 Å². The maximum Gasteiger partial charge on any atom is 0.426 e. The zero-order valence-corrected chi connectivity index (χ0v) is 14.7. The zero-order chi connectivity index (χ0) is 20.8. The molecule has 0 saturated heterocycles. The Kier molecular flexibility index (Phi) is 5.21. The van der Waals surface area contributed by atoms with Crippen molar-refractivity contribution in [1.82, 2.24) is 4.31 Å². The first kappa shape index (κ1) is 20.3. The van der Waals surface area contributed by atoms with Gasteiger partial charge in [-0.15, -0.1) is 0 Å². The van der Waals surface area contributed by atoms with Crippen LogP contribution in [0.3, 0.4) is 0 Å². The van der Waals surface area contributed by atoms with Crippen LogP contribution in [0.2, 0.25) is 0 Å². The van der Waals surface area contributed by atoms with Crippen LogP contribution < -0.4 is 10.6 Å². The number of fused-ring (bicyclic) bond motifs is 1. The van der Waals surface area contributed by atoms with Gasteiger partial charge in [0.15, 0.2) is 22.3 Å². The van der Waals surface area contributed by atoms with Gasteiger partial charge in [-0.3, -0.25) is 4.79 Å². The minimum absolute atomic E-state index is 0.0748. The second-order valence-electron chi connectivity index (χ2n) is 5.80. The first-order chi connectivity index (χ1) is 13.0. The molecule has 1 aliphatic heterocycles. The number of amides is 1. The Balaban J connectivity index is 1.87. The monoisotopic (exact) mass is 423 g/mol. The van der Waals surface area contributed by atoms with E-state index in [-0.39, 0.29) is 21.8 Å². The summed E-state index contributed by atoms with van der Waals surface area (Å²) in [4.78, 5) is 12.2. The molecule has 2 aromatic rings. The molecule has 0 fully saturated rings. The van der Waals surface area contributed by atoms with Gasteiger partial charge in [-0.05, 0) is 12.1 Å². The predicted molar refractivity (Wildman–Crippen MR) is 88.3 cm³/mol. The molecule has 0 aromatic heterocycles. The third-order valence-corrected chi connectivity index (χ3v) is 5.35. The molecule has 0 bridgehead atoms. The van der Waals surface area contributed by atoms with E-state index in [1.165, 1.54) is 0 Å². The Morgan fingerprint density at radius 1 is 1.18 bits per heavy atom. The van der Waals surface area contributed by atoms with Crippen LogP contribution >= 0.6 is 0 Å². The zero-order valence-electron chi connectivity index (χ0n) is 13.9. The fraction of sp³-hybridized carbons (Fsp3) is 0.188. The number of carbonyl (C=O) groups is 1. The second-order valence-corrected chi connectivity index (χ2v) is 7.32. The van der Waals surface area contributed by atoms with Crippen molar-refractivity contribution in [2.24, 2.45) is 0 Å². The number of hydrogen-bond acceptors (Lipinski definition) is 4. The smallest absolute Gasteiger partial charge is 0.426 e.